The molecule has 2 saturated heterocycles. The molecule has 0 saturated carbocycles. The molecule has 5 unspecified atom stereocenters. The van der Waals surface area contributed by atoms with Gasteiger partial charge in [-0.2, -0.15) is 0 Å². The van der Waals surface area contributed by atoms with Crippen molar-refractivity contribution in [1.82, 2.24) is 15.2 Å². The molecule has 4 heterocycles. The van der Waals surface area contributed by atoms with Crippen LogP contribution in [0.4, 0.5) is 5.13 Å². The predicted molar refractivity (Wildman–Crippen MR) is 124 cm³/mol. The topological polar surface area (TPSA) is 243 Å². The van der Waals surface area contributed by atoms with E-state index < -0.39 is 65.9 Å². The average Bonchev–Trinajstić information content (AvgIpc) is 3.30. The molecule has 200 valence electrons. The number of carboxylic acid groups (broad SMARTS) is 1. The maximum atomic E-state index is 12.9. The van der Waals surface area contributed by atoms with Crippen molar-refractivity contribution in [2.45, 2.75) is 42.1 Å². The summed E-state index contributed by atoms with van der Waals surface area (Å²) in [6.07, 6.45) is -8.44. The van der Waals surface area contributed by atoms with Gasteiger partial charge in [0.05, 0.1) is 0 Å². The Hall–Kier alpha value is -3.29. The van der Waals surface area contributed by atoms with E-state index in [2.05, 4.69) is 15.5 Å². The van der Waals surface area contributed by atoms with Crippen molar-refractivity contribution in [3.63, 3.8) is 0 Å². The van der Waals surface area contributed by atoms with Crippen LogP contribution in [0.5, 0.6) is 0 Å². The molecule has 0 spiro atoms. The standard InChI is InChI=1S/C19H21N5O11S2/c1-33-23-7(5-4-37-19(20)21-5)13(28)22-8-14(29)24-6(2-3-36-15(8)24)17(32)35-18-11(27)9(25)10(26)12(34-18)16(30)31/h2,4,8-12,15,18,25-27H,3H2,1H3,(H2,20,21)(H,22,28)(H,30,31)/b23-7-/t8-,9?,10?,11?,12?,15-,18?/m1/s1. The van der Waals surface area contributed by atoms with Crippen LogP contribution in [-0.2, 0) is 33.5 Å². The Morgan fingerprint density at radius 2 is 2.00 bits per heavy atom. The number of β-lactam (4-membered cyclic amide) rings is 1. The van der Waals surface area contributed by atoms with Gasteiger partial charge in [0, 0.05) is 11.1 Å². The highest BCUT2D eigenvalue weighted by Crippen LogP contribution is 2.38. The Kier molecular flexibility index (Phi) is 7.67. The number of aromatic nitrogens is 1. The smallest absolute Gasteiger partial charge is 0.357 e. The summed E-state index contributed by atoms with van der Waals surface area (Å²) in [6, 6.07) is -1.04. The monoisotopic (exact) mass is 559 g/mol. The molecule has 7 atom stereocenters. The fraction of sp³-hybridized carbons (Fsp3) is 0.474. The molecule has 4 rings (SSSR count). The number of nitrogens with two attached hydrogens (primary N) is 1. The number of thiazole rings is 1. The minimum absolute atomic E-state index is 0.143. The van der Waals surface area contributed by atoms with Gasteiger partial charge < -0.3 is 45.8 Å². The van der Waals surface area contributed by atoms with Crippen molar-refractivity contribution in [3.8, 4) is 0 Å². The van der Waals surface area contributed by atoms with Gasteiger partial charge in [-0.25, -0.2) is 14.6 Å². The summed E-state index contributed by atoms with van der Waals surface area (Å²) < 4.78 is 9.97. The van der Waals surface area contributed by atoms with Crippen molar-refractivity contribution >= 4 is 57.7 Å². The number of fused-ring (bicyclic) bond motifs is 1. The van der Waals surface area contributed by atoms with Gasteiger partial charge in [-0.15, -0.1) is 23.1 Å². The summed E-state index contributed by atoms with van der Waals surface area (Å²) in [5.74, 6) is -4.00. The van der Waals surface area contributed by atoms with Gasteiger partial charge in [0.1, 0.15) is 48.2 Å². The number of nitrogens with zero attached hydrogens (tertiary/aromatic N) is 3. The van der Waals surface area contributed by atoms with Crippen LogP contribution in [0.1, 0.15) is 5.69 Å². The van der Waals surface area contributed by atoms with Crippen molar-refractivity contribution in [2.24, 2.45) is 5.16 Å². The number of rotatable bonds is 7. The first kappa shape index (κ1) is 26.8. The fourth-order valence-electron chi connectivity index (χ4n) is 3.75. The minimum Gasteiger partial charge on any atom is -0.479 e. The van der Waals surface area contributed by atoms with Crippen LogP contribution < -0.4 is 11.1 Å². The van der Waals surface area contributed by atoms with E-state index in [9.17, 15) is 34.5 Å². The number of esters is 1. The molecule has 0 bridgehead atoms. The highest BCUT2D eigenvalue weighted by molar-refractivity contribution is 8.00. The molecule has 3 aliphatic rings. The molecular weight excluding hydrogens is 538 g/mol. The maximum Gasteiger partial charge on any atom is 0.357 e. The second-order valence-electron chi connectivity index (χ2n) is 7.81. The van der Waals surface area contributed by atoms with Gasteiger partial charge in [-0.3, -0.25) is 14.5 Å². The molecule has 0 aromatic carbocycles. The molecule has 37 heavy (non-hydrogen) atoms. The van der Waals surface area contributed by atoms with E-state index in [4.69, 9.17) is 25.2 Å². The summed E-state index contributed by atoms with van der Waals surface area (Å²) >= 11 is 2.31. The Bertz CT molecular complexity index is 1170. The third-order valence-corrected chi connectivity index (χ3v) is 7.40. The number of oxime groups is 1. The highest BCUT2D eigenvalue weighted by atomic mass is 32.2. The second-order valence-corrected chi connectivity index (χ2v) is 9.85. The number of aliphatic carboxylic acids is 1. The van der Waals surface area contributed by atoms with Crippen LogP contribution in [0.15, 0.2) is 22.3 Å². The summed E-state index contributed by atoms with van der Waals surface area (Å²) in [5.41, 5.74) is 5.30. The van der Waals surface area contributed by atoms with E-state index in [0.717, 1.165) is 16.2 Å². The quantitative estimate of drug-likeness (QED) is 0.0834. The molecule has 0 aliphatic carbocycles. The van der Waals surface area contributed by atoms with Gasteiger partial charge in [0.2, 0.25) is 6.29 Å². The number of amides is 2. The Balaban J connectivity index is 1.43. The van der Waals surface area contributed by atoms with E-state index >= 15 is 0 Å². The van der Waals surface area contributed by atoms with Crippen molar-refractivity contribution in [3.05, 3.63) is 22.8 Å². The molecule has 1 aromatic rings. The summed E-state index contributed by atoms with van der Waals surface area (Å²) in [5, 5.41) is 46.0. The van der Waals surface area contributed by atoms with Gasteiger partial charge in [0.15, 0.2) is 16.9 Å². The summed E-state index contributed by atoms with van der Waals surface area (Å²) in [7, 11) is 1.23. The number of hydrogen-bond acceptors (Lipinski definition) is 15. The summed E-state index contributed by atoms with van der Waals surface area (Å²) in [4.78, 5) is 59.5. The number of nitrogens with one attached hydrogen (secondary N) is 1. The molecule has 16 nitrogen and oxygen atoms in total. The number of anilines is 1. The number of carbonyl (C=O) groups is 4. The van der Waals surface area contributed by atoms with Crippen molar-refractivity contribution < 1.29 is 53.9 Å². The van der Waals surface area contributed by atoms with Gasteiger partial charge in [0.25, 0.3) is 11.8 Å². The molecular formula is C19H21N5O11S2. The zero-order chi connectivity index (χ0) is 27.0. The number of hydrogen-bond donors (Lipinski definition) is 6. The molecule has 0 radical (unpaired) electrons. The molecule has 2 amide bonds. The lowest BCUT2D eigenvalue weighted by molar-refractivity contribution is -0.285. The normalized spacial score (nSPS) is 31.5. The maximum absolute atomic E-state index is 12.9. The Morgan fingerprint density at radius 3 is 2.62 bits per heavy atom. The van der Waals surface area contributed by atoms with E-state index in [1.165, 1.54) is 30.3 Å². The number of aliphatic hydroxyl groups excluding tert-OH is 3. The van der Waals surface area contributed by atoms with Crippen LogP contribution in [-0.4, -0.2) is 115 Å². The minimum atomic E-state index is -1.97. The first-order valence-corrected chi connectivity index (χ1v) is 12.4. The number of ether oxygens (including phenoxy) is 2. The lowest BCUT2D eigenvalue weighted by Crippen LogP contribution is -2.71. The third kappa shape index (κ3) is 4.98. The summed E-state index contributed by atoms with van der Waals surface area (Å²) in [6.45, 7) is 0. The van der Waals surface area contributed by atoms with Crippen LogP contribution >= 0.6 is 23.1 Å². The Labute approximate surface area is 215 Å². The van der Waals surface area contributed by atoms with Crippen LogP contribution in [0.25, 0.3) is 0 Å². The number of carboxylic acids is 1. The van der Waals surface area contributed by atoms with E-state index in [-0.39, 0.29) is 28.0 Å². The molecule has 1 aromatic heterocycles. The van der Waals surface area contributed by atoms with Gasteiger partial charge in [-0.05, 0) is 6.08 Å². The first-order valence-electron chi connectivity index (χ1n) is 10.5. The molecule has 3 aliphatic heterocycles. The van der Waals surface area contributed by atoms with E-state index in [0.29, 0.717) is 0 Å². The number of carbonyl (C=O) groups excluding carboxylic acids is 3. The first-order chi connectivity index (χ1) is 17.5. The predicted octanol–water partition coefficient (Wildman–Crippen LogP) is -3.20. The van der Waals surface area contributed by atoms with Crippen LogP contribution in [0.2, 0.25) is 0 Å². The molecule has 7 N–H and O–H groups in total. The zero-order valence-electron chi connectivity index (χ0n) is 18.8. The van der Waals surface area contributed by atoms with E-state index in [1.807, 2.05) is 0 Å². The van der Waals surface area contributed by atoms with Gasteiger partial charge >= 0.3 is 11.9 Å². The second kappa shape index (κ2) is 10.6. The molecule has 18 heteroatoms. The number of aliphatic hydroxyl groups is 3. The third-order valence-electron chi connectivity index (χ3n) is 5.54. The molecule has 2 fully saturated rings. The van der Waals surface area contributed by atoms with E-state index in [1.54, 1.807) is 0 Å². The fourth-order valence-corrected chi connectivity index (χ4v) is 5.49. The van der Waals surface area contributed by atoms with Gasteiger partial charge in [-0.1, -0.05) is 5.16 Å². The number of thioether (sulfide) groups is 1. The largest absolute Gasteiger partial charge is 0.479 e. The average molecular weight is 560 g/mol. The van der Waals surface area contributed by atoms with Crippen LogP contribution in [0.3, 0.4) is 0 Å². The Morgan fingerprint density at radius 1 is 1.27 bits per heavy atom. The van der Waals surface area contributed by atoms with Crippen LogP contribution in [0, 0.1) is 0 Å². The SMILES string of the molecule is CO/N=C(\C(=O)N[C@@H]1C(=O)N2C(C(=O)OC3OC(C(=O)O)C(O)C(O)C3O)=CCS[C@H]12)c1csc(N)n1. The lowest BCUT2D eigenvalue weighted by atomic mass is 9.99. The van der Waals surface area contributed by atoms with Crippen molar-refractivity contribution in [1.29, 1.82) is 0 Å². The van der Waals surface area contributed by atoms with Crippen molar-refractivity contribution in [2.75, 3.05) is 18.6 Å². The highest BCUT2D eigenvalue weighted by Gasteiger charge is 2.54. The zero-order valence-corrected chi connectivity index (χ0v) is 20.4. The lowest BCUT2D eigenvalue weighted by Gasteiger charge is -2.48. The number of nitrogen functional groups attached to an aromatic ring is 1.